The van der Waals surface area contributed by atoms with Crippen LogP contribution in [0.5, 0.6) is 0 Å². The molecular formula is C13H21N3O3S. The number of benzene rings is 1. The van der Waals surface area contributed by atoms with Gasteiger partial charge >= 0.3 is 0 Å². The zero-order valence-corrected chi connectivity index (χ0v) is 12.8. The Hall–Kier alpha value is -1.60. The number of hydrogen-bond donors (Lipinski definition) is 3. The molecule has 0 aliphatic heterocycles. The van der Waals surface area contributed by atoms with E-state index in [9.17, 15) is 13.2 Å². The third kappa shape index (κ3) is 6.03. The van der Waals surface area contributed by atoms with E-state index in [0.717, 1.165) is 0 Å². The summed E-state index contributed by atoms with van der Waals surface area (Å²) in [7, 11) is -3.60. The summed E-state index contributed by atoms with van der Waals surface area (Å²) in [4.78, 5) is 11.6. The van der Waals surface area contributed by atoms with Gasteiger partial charge in [0.05, 0.1) is 12.3 Å². The summed E-state index contributed by atoms with van der Waals surface area (Å²) in [5.41, 5.74) is 6.22. The average Bonchev–Trinajstić information content (AvgIpc) is 2.27. The maximum absolute atomic E-state index is 11.9. The number of nitrogen functional groups attached to an aromatic ring is 1. The predicted octanol–water partition coefficient (Wildman–Crippen LogP) is 0.603. The van der Waals surface area contributed by atoms with Gasteiger partial charge in [0.2, 0.25) is 15.9 Å². The molecule has 4 N–H and O–H groups in total. The largest absolute Gasteiger partial charge is 0.398 e. The fourth-order valence-corrected chi connectivity index (χ4v) is 2.68. The van der Waals surface area contributed by atoms with E-state index in [4.69, 9.17) is 5.73 Å². The molecule has 1 rings (SSSR count). The lowest BCUT2D eigenvalue weighted by Gasteiger charge is -2.20. The standard InChI is InChI=1S/C13H21N3O3S/c1-13(2,3)16-12(17)8-15-20(18,19)9-10-6-4-5-7-11(10)14/h4-7,15H,8-9,14H2,1-3H3,(H,16,17). The molecule has 20 heavy (non-hydrogen) atoms. The lowest BCUT2D eigenvalue weighted by Crippen LogP contribution is -2.46. The van der Waals surface area contributed by atoms with Crippen LogP contribution in [0.1, 0.15) is 26.3 Å². The van der Waals surface area contributed by atoms with Crippen LogP contribution >= 0.6 is 0 Å². The van der Waals surface area contributed by atoms with Crippen molar-refractivity contribution in [2.45, 2.75) is 32.1 Å². The first kappa shape index (κ1) is 16.5. The molecule has 112 valence electrons. The number of hydrogen-bond acceptors (Lipinski definition) is 4. The van der Waals surface area contributed by atoms with Crippen molar-refractivity contribution in [1.82, 2.24) is 10.0 Å². The Morgan fingerprint density at radius 3 is 2.40 bits per heavy atom. The van der Waals surface area contributed by atoms with Crippen LogP contribution in [0.25, 0.3) is 0 Å². The van der Waals surface area contributed by atoms with Crippen molar-refractivity contribution in [2.75, 3.05) is 12.3 Å². The highest BCUT2D eigenvalue weighted by atomic mass is 32.2. The smallest absolute Gasteiger partial charge is 0.235 e. The van der Waals surface area contributed by atoms with Gasteiger partial charge in [0.1, 0.15) is 0 Å². The van der Waals surface area contributed by atoms with E-state index < -0.39 is 15.6 Å². The molecule has 0 saturated carbocycles. The Morgan fingerprint density at radius 1 is 1.25 bits per heavy atom. The molecule has 7 heteroatoms. The first-order valence-corrected chi connectivity index (χ1v) is 7.86. The van der Waals surface area contributed by atoms with Gasteiger partial charge in [0.15, 0.2) is 0 Å². The predicted molar refractivity (Wildman–Crippen MR) is 79.4 cm³/mol. The molecule has 0 spiro atoms. The second-order valence-corrected chi connectivity index (χ2v) is 7.38. The van der Waals surface area contributed by atoms with E-state index in [0.29, 0.717) is 11.3 Å². The van der Waals surface area contributed by atoms with E-state index in [1.807, 2.05) is 20.8 Å². The second kappa shape index (κ2) is 6.23. The summed E-state index contributed by atoms with van der Waals surface area (Å²) in [6.45, 7) is 5.19. The topological polar surface area (TPSA) is 101 Å². The summed E-state index contributed by atoms with van der Waals surface area (Å²) in [5, 5.41) is 2.68. The fourth-order valence-electron chi connectivity index (χ4n) is 1.56. The zero-order chi connectivity index (χ0) is 15.4. The van der Waals surface area contributed by atoms with Crippen LogP contribution in [0, 0.1) is 0 Å². The first-order chi connectivity index (χ1) is 9.09. The molecule has 0 saturated heterocycles. The number of rotatable bonds is 5. The molecule has 6 nitrogen and oxygen atoms in total. The third-order valence-electron chi connectivity index (χ3n) is 2.37. The normalized spacial score (nSPS) is 12.2. The summed E-state index contributed by atoms with van der Waals surface area (Å²) in [6.07, 6.45) is 0. The van der Waals surface area contributed by atoms with Crippen molar-refractivity contribution in [3.8, 4) is 0 Å². The molecule has 0 radical (unpaired) electrons. The van der Waals surface area contributed by atoms with Crippen molar-refractivity contribution in [3.63, 3.8) is 0 Å². The van der Waals surface area contributed by atoms with Gasteiger partial charge in [0, 0.05) is 11.2 Å². The second-order valence-electron chi connectivity index (χ2n) is 5.58. The van der Waals surface area contributed by atoms with E-state index in [1.54, 1.807) is 24.3 Å². The molecule has 0 aliphatic rings. The molecule has 1 amide bonds. The number of nitrogens with one attached hydrogen (secondary N) is 2. The number of carbonyl (C=O) groups is 1. The number of anilines is 1. The highest BCUT2D eigenvalue weighted by Gasteiger charge is 2.17. The van der Waals surface area contributed by atoms with Gasteiger partial charge in [-0.3, -0.25) is 4.79 Å². The SMILES string of the molecule is CC(C)(C)NC(=O)CNS(=O)(=O)Cc1ccccc1N. The molecule has 0 fully saturated rings. The molecular weight excluding hydrogens is 278 g/mol. The summed E-state index contributed by atoms with van der Waals surface area (Å²) in [5.74, 6) is -0.621. The van der Waals surface area contributed by atoms with Crippen LogP contribution in [-0.4, -0.2) is 26.4 Å². The van der Waals surface area contributed by atoms with Crippen molar-refractivity contribution >= 4 is 21.6 Å². The van der Waals surface area contributed by atoms with Gasteiger partial charge in [-0.15, -0.1) is 0 Å². The maximum Gasteiger partial charge on any atom is 0.235 e. The van der Waals surface area contributed by atoms with Gasteiger partial charge < -0.3 is 11.1 Å². The lowest BCUT2D eigenvalue weighted by molar-refractivity contribution is -0.121. The van der Waals surface area contributed by atoms with Gasteiger partial charge in [-0.2, -0.15) is 0 Å². The quantitative estimate of drug-likeness (QED) is 0.693. The minimum absolute atomic E-state index is 0.248. The Bertz CT molecular complexity index is 577. The van der Waals surface area contributed by atoms with Gasteiger partial charge in [0.25, 0.3) is 0 Å². The number of nitrogens with two attached hydrogens (primary N) is 1. The molecule has 0 heterocycles. The fraction of sp³-hybridized carbons (Fsp3) is 0.462. The third-order valence-corrected chi connectivity index (χ3v) is 3.64. The Labute approximate surface area is 119 Å². The van der Waals surface area contributed by atoms with Crippen molar-refractivity contribution in [1.29, 1.82) is 0 Å². The number of sulfonamides is 1. The van der Waals surface area contributed by atoms with Crippen molar-refractivity contribution in [3.05, 3.63) is 29.8 Å². The van der Waals surface area contributed by atoms with Gasteiger partial charge in [-0.1, -0.05) is 18.2 Å². The van der Waals surface area contributed by atoms with E-state index in [-0.39, 0.29) is 18.2 Å². The lowest BCUT2D eigenvalue weighted by atomic mass is 10.1. The minimum Gasteiger partial charge on any atom is -0.398 e. The molecule has 1 aromatic rings. The Morgan fingerprint density at radius 2 is 1.85 bits per heavy atom. The van der Waals surface area contributed by atoms with Crippen LogP contribution in [0.4, 0.5) is 5.69 Å². The van der Waals surface area contributed by atoms with Crippen LogP contribution < -0.4 is 15.8 Å². The molecule has 0 aliphatic carbocycles. The highest BCUT2D eigenvalue weighted by Crippen LogP contribution is 2.13. The van der Waals surface area contributed by atoms with Crippen molar-refractivity contribution in [2.24, 2.45) is 0 Å². The van der Waals surface area contributed by atoms with Crippen molar-refractivity contribution < 1.29 is 13.2 Å². The van der Waals surface area contributed by atoms with E-state index >= 15 is 0 Å². The zero-order valence-electron chi connectivity index (χ0n) is 11.9. The Kier molecular flexibility index (Phi) is 5.13. The molecule has 1 aromatic carbocycles. The van der Waals surface area contributed by atoms with Crippen LogP contribution in [0.2, 0.25) is 0 Å². The number of para-hydroxylation sites is 1. The summed E-state index contributed by atoms with van der Waals surface area (Å²) < 4.78 is 26.0. The minimum atomic E-state index is -3.60. The van der Waals surface area contributed by atoms with E-state index in [1.165, 1.54) is 0 Å². The van der Waals surface area contributed by atoms with Crippen LogP contribution in [-0.2, 0) is 20.6 Å². The van der Waals surface area contributed by atoms with Crippen LogP contribution in [0.15, 0.2) is 24.3 Å². The first-order valence-electron chi connectivity index (χ1n) is 6.21. The molecule has 0 atom stereocenters. The highest BCUT2D eigenvalue weighted by molar-refractivity contribution is 7.88. The van der Waals surface area contributed by atoms with Gasteiger partial charge in [-0.05, 0) is 32.4 Å². The Balaban J connectivity index is 2.59. The average molecular weight is 299 g/mol. The number of amides is 1. The van der Waals surface area contributed by atoms with Crippen LogP contribution in [0.3, 0.4) is 0 Å². The molecule has 0 unspecified atom stereocenters. The number of carbonyl (C=O) groups excluding carboxylic acids is 1. The molecule has 0 bridgehead atoms. The molecule has 0 aromatic heterocycles. The van der Waals surface area contributed by atoms with Gasteiger partial charge in [-0.25, -0.2) is 13.1 Å². The van der Waals surface area contributed by atoms with E-state index in [2.05, 4.69) is 10.0 Å². The maximum atomic E-state index is 11.9. The summed E-state index contributed by atoms with van der Waals surface area (Å²) >= 11 is 0. The summed E-state index contributed by atoms with van der Waals surface area (Å²) in [6, 6.07) is 6.73. The monoisotopic (exact) mass is 299 g/mol.